The second kappa shape index (κ2) is 10.5. The molecule has 0 aliphatic carbocycles. The van der Waals surface area contributed by atoms with Crippen LogP contribution in [0.5, 0.6) is 17.2 Å². The Morgan fingerprint density at radius 2 is 1.73 bits per heavy atom. The third-order valence-electron chi connectivity index (χ3n) is 4.91. The zero-order valence-corrected chi connectivity index (χ0v) is 17.9. The zero-order valence-electron chi connectivity index (χ0n) is 17.9. The summed E-state index contributed by atoms with van der Waals surface area (Å²) in [7, 11) is 0. The van der Waals surface area contributed by atoms with Gasteiger partial charge in [0.2, 0.25) is 5.91 Å². The lowest BCUT2D eigenvalue weighted by Gasteiger charge is -2.26. The van der Waals surface area contributed by atoms with Gasteiger partial charge >= 0.3 is 6.36 Å². The molecule has 1 unspecified atom stereocenters. The van der Waals surface area contributed by atoms with Crippen molar-refractivity contribution in [2.45, 2.75) is 32.7 Å². The lowest BCUT2D eigenvalue weighted by atomic mass is 9.88. The molecule has 0 heterocycles. The quantitative estimate of drug-likeness (QED) is 0.414. The maximum absolute atomic E-state index is 13.2. The topological polar surface area (TPSA) is 128 Å². The van der Waals surface area contributed by atoms with Crippen molar-refractivity contribution in [2.75, 3.05) is 19.7 Å². The molecular formula is C22H24F3NO7. The predicted molar refractivity (Wildman–Crippen MR) is 110 cm³/mol. The Hall–Kier alpha value is -3.31. The molecule has 2 aromatic carbocycles. The number of rotatable bonds is 9. The summed E-state index contributed by atoms with van der Waals surface area (Å²) in [5.74, 6) is -2.88. The lowest BCUT2D eigenvalue weighted by molar-refractivity contribution is -0.274. The Kier molecular flexibility index (Phi) is 8.29. The minimum Gasteiger partial charge on any atom is -0.508 e. The number of alkyl halides is 3. The number of benzene rings is 2. The van der Waals surface area contributed by atoms with E-state index >= 15 is 0 Å². The number of ketones is 1. The highest BCUT2D eigenvalue weighted by Crippen LogP contribution is 2.38. The zero-order chi connectivity index (χ0) is 24.9. The monoisotopic (exact) mass is 471 g/mol. The highest BCUT2D eigenvalue weighted by Gasteiger charge is 2.32. The molecule has 0 radical (unpaired) electrons. The van der Waals surface area contributed by atoms with Crippen LogP contribution in [0.1, 0.15) is 47.0 Å². The van der Waals surface area contributed by atoms with Crippen molar-refractivity contribution in [3.05, 3.63) is 52.6 Å². The van der Waals surface area contributed by atoms with Crippen LogP contribution in [0.25, 0.3) is 0 Å². The van der Waals surface area contributed by atoms with Crippen LogP contribution in [0.15, 0.2) is 30.3 Å². The molecule has 1 amide bonds. The van der Waals surface area contributed by atoms with Crippen molar-refractivity contribution in [1.82, 2.24) is 4.90 Å². The van der Waals surface area contributed by atoms with Crippen molar-refractivity contribution in [1.29, 1.82) is 0 Å². The predicted octanol–water partition coefficient (Wildman–Crippen LogP) is 2.66. The number of phenolic OH excluding ortho intramolecular Hbond substituents is 2. The van der Waals surface area contributed by atoms with E-state index in [4.69, 9.17) is 5.11 Å². The number of aromatic hydroxyl groups is 2. The highest BCUT2D eigenvalue weighted by atomic mass is 19.4. The van der Waals surface area contributed by atoms with E-state index in [1.807, 2.05) is 0 Å². The maximum atomic E-state index is 13.2. The Bertz CT molecular complexity index is 1010. The summed E-state index contributed by atoms with van der Waals surface area (Å²) >= 11 is 0. The fourth-order valence-electron chi connectivity index (χ4n) is 3.44. The van der Waals surface area contributed by atoms with E-state index in [-0.39, 0.29) is 54.1 Å². The van der Waals surface area contributed by atoms with Gasteiger partial charge in [-0.3, -0.25) is 9.59 Å². The fourth-order valence-corrected chi connectivity index (χ4v) is 3.44. The standard InChI is InChI=1S/C22H24F3NO7/c1-3-15-16(29)10-17(30)20(19(15)18(31)11-26(8-9-27)12(2)28)21(32)13-4-6-14(7-5-13)33-22(23,24)25/h4-7,10,18,27,29-31H,3,8-9,11H2,1-2H3. The number of halogens is 3. The van der Waals surface area contributed by atoms with E-state index in [9.17, 15) is 38.1 Å². The smallest absolute Gasteiger partial charge is 0.508 e. The molecular weight excluding hydrogens is 447 g/mol. The summed E-state index contributed by atoms with van der Waals surface area (Å²) < 4.78 is 40.9. The number of nitrogens with zero attached hydrogens (tertiary/aromatic N) is 1. The van der Waals surface area contributed by atoms with Crippen LogP contribution in [-0.4, -0.2) is 63.1 Å². The Morgan fingerprint density at radius 1 is 1.12 bits per heavy atom. The Labute approximate surface area is 187 Å². The number of hydrogen-bond acceptors (Lipinski definition) is 7. The number of hydrogen-bond donors (Lipinski definition) is 4. The average molecular weight is 471 g/mol. The second-order valence-electron chi connectivity index (χ2n) is 7.14. The summed E-state index contributed by atoms with van der Waals surface area (Å²) in [4.78, 5) is 26.1. The normalized spacial score (nSPS) is 12.3. The van der Waals surface area contributed by atoms with Gasteiger partial charge in [-0.1, -0.05) is 6.92 Å². The molecule has 180 valence electrons. The first-order valence-corrected chi connectivity index (χ1v) is 9.92. The molecule has 2 rings (SSSR count). The van der Waals surface area contributed by atoms with Gasteiger partial charge in [0.05, 0.1) is 24.8 Å². The van der Waals surface area contributed by atoms with Crippen molar-refractivity contribution < 1.29 is 47.9 Å². The average Bonchev–Trinajstić information content (AvgIpc) is 2.71. The summed E-state index contributed by atoms with van der Waals surface area (Å²) in [6, 6.07) is 4.90. The van der Waals surface area contributed by atoms with Gasteiger partial charge < -0.3 is 30.1 Å². The minimum atomic E-state index is -4.91. The molecule has 0 aliphatic heterocycles. The number of carbonyl (C=O) groups is 2. The first-order valence-electron chi connectivity index (χ1n) is 9.92. The first-order chi connectivity index (χ1) is 15.4. The molecule has 33 heavy (non-hydrogen) atoms. The number of aliphatic hydroxyl groups is 2. The highest BCUT2D eigenvalue weighted by molar-refractivity contribution is 6.12. The van der Waals surface area contributed by atoms with Crippen LogP contribution < -0.4 is 4.74 Å². The van der Waals surface area contributed by atoms with Crippen LogP contribution in [0.4, 0.5) is 13.2 Å². The molecule has 0 bridgehead atoms. The van der Waals surface area contributed by atoms with Crippen molar-refractivity contribution in [2.24, 2.45) is 0 Å². The summed E-state index contributed by atoms with van der Waals surface area (Å²) in [5.41, 5.74) is -0.457. The summed E-state index contributed by atoms with van der Waals surface area (Å²) in [6.45, 7) is 2.04. The van der Waals surface area contributed by atoms with E-state index in [0.29, 0.717) is 0 Å². The molecule has 2 aromatic rings. The third-order valence-corrected chi connectivity index (χ3v) is 4.91. The van der Waals surface area contributed by atoms with E-state index in [0.717, 1.165) is 35.2 Å². The molecule has 11 heteroatoms. The fraction of sp³-hybridized carbons (Fsp3) is 0.364. The van der Waals surface area contributed by atoms with Gasteiger partial charge in [-0.2, -0.15) is 0 Å². The Morgan fingerprint density at radius 3 is 2.21 bits per heavy atom. The molecule has 0 saturated carbocycles. The van der Waals surface area contributed by atoms with Gasteiger partial charge in [-0.15, -0.1) is 13.2 Å². The number of amides is 1. The maximum Gasteiger partial charge on any atom is 0.573 e. The van der Waals surface area contributed by atoms with Crippen LogP contribution in [0.3, 0.4) is 0 Å². The third kappa shape index (κ3) is 6.36. The molecule has 8 nitrogen and oxygen atoms in total. The molecule has 0 aromatic heterocycles. The summed E-state index contributed by atoms with van der Waals surface area (Å²) in [6.07, 6.45) is -6.29. The van der Waals surface area contributed by atoms with Gasteiger partial charge in [0, 0.05) is 36.2 Å². The number of carbonyl (C=O) groups excluding carboxylic acids is 2. The van der Waals surface area contributed by atoms with Gasteiger partial charge in [0.15, 0.2) is 5.78 Å². The summed E-state index contributed by atoms with van der Waals surface area (Å²) in [5, 5.41) is 40.7. The van der Waals surface area contributed by atoms with Crippen LogP contribution >= 0.6 is 0 Å². The van der Waals surface area contributed by atoms with Crippen LogP contribution in [0.2, 0.25) is 0 Å². The number of phenols is 2. The Balaban J connectivity index is 2.54. The van der Waals surface area contributed by atoms with Gasteiger partial charge in [0.25, 0.3) is 0 Å². The molecule has 0 spiro atoms. The molecule has 0 saturated heterocycles. The SMILES string of the molecule is CCc1c(O)cc(O)c(C(=O)c2ccc(OC(F)(F)F)cc2)c1C(O)CN(CCO)C(C)=O. The molecule has 0 fully saturated rings. The van der Waals surface area contributed by atoms with Gasteiger partial charge in [-0.05, 0) is 30.7 Å². The van der Waals surface area contributed by atoms with Crippen molar-refractivity contribution >= 4 is 11.7 Å². The van der Waals surface area contributed by atoms with Crippen LogP contribution in [-0.2, 0) is 11.2 Å². The largest absolute Gasteiger partial charge is 0.573 e. The lowest BCUT2D eigenvalue weighted by Crippen LogP contribution is -2.35. The van der Waals surface area contributed by atoms with E-state index in [1.165, 1.54) is 6.92 Å². The molecule has 0 aliphatic rings. The van der Waals surface area contributed by atoms with Crippen molar-refractivity contribution in [3.8, 4) is 17.2 Å². The molecule has 1 atom stereocenters. The van der Waals surface area contributed by atoms with Gasteiger partial charge in [0.1, 0.15) is 17.2 Å². The second-order valence-corrected chi connectivity index (χ2v) is 7.14. The van der Waals surface area contributed by atoms with E-state index in [1.54, 1.807) is 6.92 Å². The van der Waals surface area contributed by atoms with E-state index < -0.39 is 35.7 Å². The molecule has 4 N–H and O–H groups in total. The van der Waals surface area contributed by atoms with Crippen molar-refractivity contribution in [3.63, 3.8) is 0 Å². The number of ether oxygens (including phenoxy) is 1. The van der Waals surface area contributed by atoms with Gasteiger partial charge in [-0.25, -0.2) is 0 Å². The first kappa shape index (κ1) is 25.9. The minimum absolute atomic E-state index is 0.0946. The number of aliphatic hydroxyl groups excluding tert-OH is 2. The van der Waals surface area contributed by atoms with Crippen LogP contribution in [0, 0.1) is 0 Å². The van der Waals surface area contributed by atoms with E-state index in [2.05, 4.69) is 4.74 Å².